The third-order valence-electron chi connectivity index (χ3n) is 12.8. The lowest BCUT2D eigenvalue weighted by Crippen LogP contribution is -2.69. The van der Waals surface area contributed by atoms with Gasteiger partial charge in [0, 0.05) is 61.4 Å². The summed E-state index contributed by atoms with van der Waals surface area (Å²) in [5.74, 6) is -0.239. The molecule has 2 fully saturated rings. The van der Waals surface area contributed by atoms with Crippen LogP contribution in [0.15, 0.2) is 63.7 Å². The van der Waals surface area contributed by atoms with Crippen LogP contribution >= 0.6 is 43.2 Å². The van der Waals surface area contributed by atoms with E-state index >= 15 is 0 Å². The monoisotopic (exact) mass is 1030 g/mol. The molecular weight excluding hydrogens is 971 g/mol. The SMILES string of the molecule is CN[C@@H](CO)O[C@H]1[C@H](O[C@@H]2OC=C3C(=O)O[C@@H]4CC[C@@H](CO)[C@@H]4CSS[C@@H]4[C@@H]5C#C/C(=C\C6=C(NC(N)=NCCCO)C(C(=O)O)=CN(C6)[C@H]4CO)[C@H]3[C@H]2/C=C/CSS5)O[C@H](CO)[C@@H](O)C1(O)O. The molecule has 6 heterocycles. The van der Waals surface area contributed by atoms with Crippen LogP contribution in [0.3, 0.4) is 0 Å². The molecule has 6 bridgehead atoms. The minimum atomic E-state index is -3.12. The number of hydrogen-bond donors (Lipinski definition) is 12. The van der Waals surface area contributed by atoms with E-state index in [2.05, 4.69) is 27.5 Å². The van der Waals surface area contributed by atoms with Crippen LogP contribution < -0.4 is 16.4 Å². The van der Waals surface area contributed by atoms with E-state index in [1.807, 2.05) is 6.08 Å². The van der Waals surface area contributed by atoms with E-state index in [1.165, 1.54) is 62.7 Å². The first-order chi connectivity index (χ1) is 32.8. The van der Waals surface area contributed by atoms with Crippen molar-refractivity contribution >= 4 is 61.1 Å². The predicted octanol–water partition coefficient (Wildman–Crippen LogP) is -1.70. The molecule has 0 radical (unpaired) electrons. The Bertz CT molecular complexity index is 2080. The summed E-state index contributed by atoms with van der Waals surface area (Å²) in [7, 11) is 7.39. The number of allylic oxidation sites excluding steroid dienone is 1. The molecule has 25 heteroatoms. The Kier molecular flexibility index (Phi) is 18.6. The molecule has 68 heavy (non-hydrogen) atoms. The van der Waals surface area contributed by atoms with Crippen LogP contribution in [0.25, 0.3) is 0 Å². The third kappa shape index (κ3) is 11.5. The quantitative estimate of drug-likeness (QED) is 0.0135. The summed E-state index contributed by atoms with van der Waals surface area (Å²) in [4.78, 5) is 34.2. The maximum atomic E-state index is 14.9. The molecular formula is C43H59N5O16S4. The van der Waals surface area contributed by atoms with Gasteiger partial charge in [-0.3, -0.25) is 10.3 Å². The van der Waals surface area contributed by atoms with Gasteiger partial charge in [0.25, 0.3) is 0 Å². The van der Waals surface area contributed by atoms with Gasteiger partial charge >= 0.3 is 11.9 Å². The van der Waals surface area contributed by atoms with Crippen molar-refractivity contribution in [1.82, 2.24) is 15.5 Å². The number of aliphatic imine (C=N–C) groups is 1. The summed E-state index contributed by atoms with van der Waals surface area (Å²) < 4.78 is 30.8. The Hall–Kier alpha value is -3.01. The molecule has 1 aliphatic carbocycles. The number of likely N-dealkylation sites (N-methyl/N-ethyl adjacent to an activating group) is 1. The van der Waals surface area contributed by atoms with E-state index in [0.717, 1.165) is 0 Å². The van der Waals surface area contributed by atoms with Crippen LogP contribution in [0, 0.1) is 35.5 Å². The predicted molar refractivity (Wildman–Crippen MR) is 252 cm³/mol. The molecule has 0 spiro atoms. The second-order valence-corrected chi connectivity index (χ2v) is 22.1. The maximum Gasteiger partial charge on any atom is 0.339 e. The second kappa shape index (κ2) is 23.9. The average molecular weight is 1030 g/mol. The fourth-order valence-electron chi connectivity index (χ4n) is 9.14. The summed E-state index contributed by atoms with van der Waals surface area (Å²) in [5.41, 5.74) is 6.79. The number of nitrogens with two attached hydrogens (primary N) is 1. The van der Waals surface area contributed by atoms with E-state index in [9.17, 15) is 55.5 Å². The number of carbonyl (C=O) groups is 2. The lowest BCUT2D eigenvalue weighted by atomic mass is 9.77. The molecule has 1 saturated heterocycles. The molecule has 13 N–H and O–H groups in total. The fourth-order valence-corrected chi connectivity index (χ4v) is 15.4. The van der Waals surface area contributed by atoms with Crippen LogP contribution in [0.2, 0.25) is 0 Å². The summed E-state index contributed by atoms with van der Waals surface area (Å²) in [5, 5.41) is 100. The third-order valence-corrected chi connectivity index (χ3v) is 18.4. The van der Waals surface area contributed by atoms with Crippen LogP contribution in [-0.2, 0) is 33.3 Å². The van der Waals surface area contributed by atoms with Crippen molar-refractivity contribution in [3.8, 4) is 11.8 Å². The molecule has 0 aromatic carbocycles. The molecule has 0 aromatic heterocycles. The van der Waals surface area contributed by atoms with Crippen LogP contribution in [0.1, 0.15) is 19.3 Å². The molecule has 7 aliphatic rings. The topological polar surface area (TPSA) is 328 Å². The zero-order chi connectivity index (χ0) is 48.7. The smallest absolute Gasteiger partial charge is 0.339 e. The van der Waals surface area contributed by atoms with Gasteiger partial charge in [0.15, 0.2) is 18.4 Å². The second-order valence-electron chi connectivity index (χ2n) is 16.9. The Labute approximate surface area is 408 Å². The van der Waals surface area contributed by atoms with Gasteiger partial charge in [-0.15, -0.1) is 0 Å². The minimum absolute atomic E-state index is 0.000322. The number of esters is 1. The van der Waals surface area contributed by atoms with Crippen molar-refractivity contribution in [2.45, 2.75) is 84.8 Å². The van der Waals surface area contributed by atoms with E-state index in [4.69, 9.17) is 29.4 Å². The molecule has 7 rings (SSSR count). The number of carbonyl (C=O) groups excluding carboxylic acids is 1. The van der Waals surface area contributed by atoms with Gasteiger partial charge in [0.1, 0.15) is 24.5 Å². The summed E-state index contributed by atoms with van der Waals surface area (Å²) >= 11 is 0. The number of rotatable bonds is 14. The van der Waals surface area contributed by atoms with Gasteiger partial charge in [0.05, 0.1) is 65.4 Å². The standard InChI is InChI=1S/C43H59N5O16S4/c1-45-32(18-53)63-37-41(62-30(17-52)36(54)43(37,58)59)64-40-24-4-2-11-65-67-31-8-6-21-12-23-13-48(14-25(38(55)56)34(23)47-42(44)46-9-3-10-49)28(16-51)35(31)68-66-20-27-22(15-50)5-7-29(27)61-39(57)26(19-60-40)33(21)24/h2,4,12,14,19,22,24,27-33,35-37,40-41,45,49-54,58-59H,3,5,7,9-11,13,15-18,20H2,1H3,(H,55,56)(H3,44,46,47)/b4-2+,21-12+/t22-,24+,27-,28-,29+,30+,31-,32+,33-,35-,36+,37-,40-,41-/m0/s1. The number of nitrogens with zero attached hydrogens (tertiary/aromatic N) is 2. The first kappa shape index (κ1) is 52.8. The number of aliphatic hydroxyl groups is 8. The molecule has 0 amide bonds. The van der Waals surface area contributed by atoms with Gasteiger partial charge in [-0.2, -0.15) is 0 Å². The summed E-state index contributed by atoms with van der Waals surface area (Å²) in [6.45, 7) is -2.03. The molecule has 6 aliphatic heterocycles. The van der Waals surface area contributed by atoms with Gasteiger partial charge < -0.3 is 85.6 Å². The first-order valence-electron chi connectivity index (χ1n) is 22.1. The van der Waals surface area contributed by atoms with Crippen LogP contribution in [0.5, 0.6) is 0 Å². The van der Waals surface area contributed by atoms with E-state index in [1.54, 1.807) is 17.1 Å². The Morgan fingerprint density at radius 1 is 1.12 bits per heavy atom. The molecule has 21 nitrogen and oxygen atoms in total. The van der Waals surface area contributed by atoms with Gasteiger partial charge in [-0.1, -0.05) is 67.2 Å². The lowest BCUT2D eigenvalue weighted by molar-refractivity contribution is -0.416. The van der Waals surface area contributed by atoms with E-state index in [-0.39, 0.29) is 73.1 Å². The van der Waals surface area contributed by atoms with Crippen LogP contribution in [0.4, 0.5) is 0 Å². The number of nitrogens with one attached hydrogen (secondary N) is 2. The molecule has 376 valence electrons. The summed E-state index contributed by atoms with van der Waals surface area (Å²) in [6.07, 6.45) is -1.53. The highest BCUT2D eigenvalue weighted by Crippen LogP contribution is 2.48. The maximum absolute atomic E-state index is 14.9. The molecule has 14 atom stereocenters. The van der Waals surface area contributed by atoms with Crippen molar-refractivity contribution in [3.05, 3.63) is 58.7 Å². The first-order valence-corrected chi connectivity index (χ1v) is 26.9. The highest BCUT2D eigenvalue weighted by molar-refractivity contribution is 8.78. The normalized spacial score (nSPS) is 36.6. The van der Waals surface area contributed by atoms with Crippen molar-refractivity contribution in [1.29, 1.82) is 0 Å². The van der Waals surface area contributed by atoms with Crippen molar-refractivity contribution < 1.29 is 79.2 Å². The number of guanidine groups is 1. The number of aliphatic carboxylic acids is 1. The number of ether oxygens (including phenoxy) is 5. The highest BCUT2D eigenvalue weighted by atomic mass is 33.1. The number of carboxylic acid groups (broad SMARTS) is 1. The van der Waals surface area contributed by atoms with Crippen LogP contribution in [-0.4, -0.2) is 199 Å². The van der Waals surface area contributed by atoms with E-state index in [0.29, 0.717) is 36.3 Å². The largest absolute Gasteiger partial charge is 0.478 e. The van der Waals surface area contributed by atoms with E-state index < -0.39 is 103 Å². The zero-order valence-electron chi connectivity index (χ0n) is 36.9. The number of hydrogen-bond acceptors (Lipinski definition) is 22. The number of fused-ring (bicyclic) bond motifs is 3. The van der Waals surface area contributed by atoms with Gasteiger partial charge in [-0.05, 0) is 43.9 Å². The van der Waals surface area contributed by atoms with Crippen molar-refractivity contribution in [3.63, 3.8) is 0 Å². The Morgan fingerprint density at radius 3 is 2.63 bits per heavy atom. The Balaban J connectivity index is 1.45. The Morgan fingerprint density at radius 2 is 1.93 bits per heavy atom. The van der Waals surface area contributed by atoms with Gasteiger partial charge in [0.2, 0.25) is 12.1 Å². The van der Waals surface area contributed by atoms with Crippen molar-refractivity contribution in [2.24, 2.45) is 34.4 Å². The minimum Gasteiger partial charge on any atom is -0.478 e. The summed E-state index contributed by atoms with van der Waals surface area (Å²) in [6, 6.07) is -0.676. The zero-order valence-corrected chi connectivity index (χ0v) is 40.2. The van der Waals surface area contributed by atoms with Crippen molar-refractivity contribution in [2.75, 3.05) is 64.7 Å². The molecule has 0 unspecified atom stereocenters. The number of carboxylic acids is 1. The van der Waals surface area contributed by atoms with Gasteiger partial charge in [-0.25, -0.2) is 9.59 Å². The molecule has 0 aromatic rings. The highest BCUT2D eigenvalue weighted by Gasteiger charge is 2.58. The lowest BCUT2D eigenvalue weighted by Gasteiger charge is -2.48. The average Bonchev–Trinajstić information content (AvgIpc) is 3.69. The number of aliphatic hydroxyl groups excluding tert-OH is 6. The molecule has 1 saturated carbocycles. The fraction of sp³-hybridized carbons (Fsp3) is 0.651.